The maximum atomic E-state index is 13.1. The molecular weight excluding hydrogens is 505 g/mol. The average molecular weight is 530 g/mol. The van der Waals surface area contributed by atoms with Crippen molar-refractivity contribution in [3.8, 4) is 11.4 Å². The lowest BCUT2D eigenvalue weighted by molar-refractivity contribution is -0.121. The third kappa shape index (κ3) is 5.19. The maximum absolute atomic E-state index is 13.1. The molecule has 9 nitrogen and oxygen atoms in total. The molecule has 4 aromatic rings. The van der Waals surface area contributed by atoms with Crippen molar-refractivity contribution in [1.29, 1.82) is 0 Å². The molecule has 0 fully saturated rings. The quantitative estimate of drug-likeness (QED) is 0.316. The number of carbonyl (C=O) groups excluding carboxylic acids is 1. The molecule has 1 amide bonds. The number of carbonyl (C=O) groups is 1. The number of ether oxygens (including phenoxy) is 1. The second kappa shape index (κ2) is 10.8. The van der Waals surface area contributed by atoms with E-state index in [0.29, 0.717) is 33.6 Å². The molecule has 1 aliphatic rings. The number of rotatable bonds is 7. The van der Waals surface area contributed by atoms with Gasteiger partial charge in [0, 0.05) is 22.7 Å². The Morgan fingerprint density at radius 1 is 1.08 bits per heavy atom. The van der Waals surface area contributed by atoms with E-state index in [4.69, 9.17) is 21.3 Å². The highest BCUT2D eigenvalue weighted by atomic mass is 35.5. The average Bonchev–Trinajstić information content (AvgIpc) is 3.25. The Morgan fingerprint density at radius 2 is 1.82 bits per heavy atom. The molecule has 11 heteroatoms. The van der Waals surface area contributed by atoms with Crippen molar-refractivity contribution in [3.63, 3.8) is 0 Å². The topological polar surface area (TPSA) is 122 Å². The molecule has 192 valence electrons. The lowest BCUT2D eigenvalue weighted by Crippen LogP contribution is -2.30. The molecule has 0 saturated heterocycles. The smallest absolute Gasteiger partial charge is 0.488 e. The number of aromatic nitrogens is 3. The molecule has 1 aromatic heterocycles. The molecular formula is C27H25BClN5O4. The first-order chi connectivity index (χ1) is 18.3. The fourth-order valence-corrected chi connectivity index (χ4v) is 4.56. The van der Waals surface area contributed by atoms with Crippen molar-refractivity contribution in [2.45, 2.75) is 25.9 Å². The number of benzene rings is 3. The van der Waals surface area contributed by atoms with Gasteiger partial charge in [0.25, 0.3) is 0 Å². The summed E-state index contributed by atoms with van der Waals surface area (Å²) < 4.78 is 7.43. The summed E-state index contributed by atoms with van der Waals surface area (Å²) in [5.74, 6) is 1.70. The van der Waals surface area contributed by atoms with Gasteiger partial charge in [-0.2, -0.15) is 0 Å². The number of nitrogens with one attached hydrogen (secondary N) is 1. The molecule has 3 N–H and O–H groups in total. The Kier molecular flexibility index (Phi) is 7.28. The molecule has 0 aliphatic carbocycles. The fourth-order valence-electron chi connectivity index (χ4n) is 4.43. The first-order valence-electron chi connectivity index (χ1n) is 12.0. The first-order valence-corrected chi connectivity index (χ1v) is 12.4. The number of nitrogens with zero attached hydrogens (tertiary/aromatic N) is 4. The number of aryl methyl sites for hydroxylation is 1. The van der Waals surface area contributed by atoms with Gasteiger partial charge in [-0.25, -0.2) is 0 Å². The van der Waals surface area contributed by atoms with Crippen LogP contribution in [0.1, 0.15) is 40.8 Å². The standard InChI is InChI=1S/C27H25BClN5O4/c1-16-32-33-27-23(14-25(35)30-15-17-3-7-19(8-4-17)28(36)37)31-26(18-5-9-20(29)10-6-18)22-13-21(38-2)11-12-24(22)34(16)27/h3-13,23,36-37H,14-15H2,1-2H3,(H,30,35). The summed E-state index contributed by atoms with van der Waals surface area (Å²) in [5.41, 5.74) is 4.41. The van der Waals surface area contributed by atoms with Crippen LogP contribution in [0.5, 0.6) is 5.75 Å². The molecule has 38 heavy (non-hydrogen) atoms. The Labute approximate surface area is 224 Å². The van der Waals surface area contributed by atoms with E-state index in [0.717, 1.165) is 22.4 Å². The van der Waals surface area contributed by atoms with Crippen molar-refractivity contribution >= 4 is 35.8 Å². The van der Waals surface area contributed by atoms with Crippen molar-refractivity contribution in [2.75, 3.05) is 7.11 Å². The van der Waals surface area contributed by atoms with Crippen molar-refractivity contribution in [3.05, 3.63) is 100 Å². The number of halogens is 1. The minimum atomic E-state index is -1.54. The number of fused-ring (bicyclic) bond motifs is 3. The van der Waals surface area contributed by atoms with Gasteiger partial charge in [0.2, 0.25) is 5.91 Å². The lowest BCUT2D eigenvalue weighted by atomic mass is 9.80. The van der Waals surface area contributed by atoms with Gasteiger partial charge < -0.3 is 20.1 Å². The molecule has 0 radical (unpaired) electrons. The van der Waals surface area contributed by atoms with Crippen molar-refractivity contribution in [2.24, 2.45) is 4.99 Å². The maximum Gasteiger partial charge on any atom is 0.488 e. The predicted octanol–water partition coefficient (Wildman–Crippen LogP) is 2.52. The third-order valence-electron chi connectivity index (χ3n) is 6.40. The summed E-state index contributed by atoms with van der Waals surface area (Å²) in [6, 6.07) is 19.2. The first kappa shape index (κ1) is 25.7. The number of hydrogen-bond donors (Lipinski definition) is 3. The van der Waals surface area contributed by atoms with E-state index in [1.54, 1.807) is 43.5 Å². The molecule has 1 atom stereocenters. The van der Waals surface area contributed by atoms with Crippen LogP contribution < -0.4 is 15.5 Å². The summed E-state index contributed by atoms with van der Waals surface area (Å²) in [4.78, 5) is 18.1. The van der Waals surface area contributed by atoms with Gasteiger partial charge in [-0.15, -0.1) is 10.2 Å². The molecule has 5 rings (SSSR count). The zero-order valence-corrected chi connectivity index (χ0v) is 21.6. The number of hydrogen-bond acceptors (Lipinski definition) is 7. The highest BCUT2D eigenvalue weighted by Crippen LogP contribution is 2.34. The predicted molar refractivity (Wildman–Crippen MR) is 145 cm³/mol. The monoisotopic (exact) mass is 529 g/mol. The second-order valence-corrected chi connectivity index (χ2v) is 9.36. The lowest BCUT2D eigenvalue weighted by Gasteiger charge is -2.14. The minimum absolute atomic E-state index is 0.0494. The number of amides is 1. The van der Waals surface area contributed by atoms with E-state index in [1.165, 1.54) is 0 Å². The van der Waals surface area contributed by atoms with Crippen LogP contribution in [0.3, 0.4) is 0 Å². The van der Waals surface area contributed by atoms with Crippen molar-refractivity contribution < 1.29 is 19.6 Å². The number of methoxy groups -OCH3 is 1. The second-order valence-electron chi connectivity index (χ2n) is 8.92. The van der Waals surface area contributed by atoms with Gasteiger partial charge in [-0.3, -0.25) is 14.4 Å². The Bertz CT molecular complexity index is 1500. The summed E-state index contributed by atoms with van der Waals surface area (Å²) in [6.07, 6.45) is 0.0494. The highest BCUT2D eigenvalue weighted by Gasteiger charge is 2.30. The van der Waals surface area contributed by atoms with Crippen LogP contribution in [0.25, 0.3) is 5.69 Å². The molecule has 1 aliphatic heterocycles. The molecule has 0 saturated carbocycles. The zero-order chi connectivity index (χ0) is 26.8. The fraction of sp³-hybridized carbons (Fsp3) is 0.185. The van der Waals surface area contributed by atoms with Gasteiger partial charge in [0.05, 0.1) is 24.9 Å². The zero-order valence-electron chi connectivity index (χ0n) is 20.8. The van der Waals surface area contributed by atoms with Gasteiger partial charge in [-0.1, -0.05) is 48.0 Å². The van der Waals surface area contributed by atoms with Crippen molar-refractivity contribution in [1.82, 2.24) is 20.1 Å². The van der Waals surface area contributed by atoms with E-state index in [1.807, 2.05) is 41.8 Å². The van der Waals surface area contributed by atoms with E-state index in [9.17, 15) is 14.8 Å². The SMILES string of the molecule is COc1ccc2c(c1)C(c1ccc(Cl)cc1)=NC(CC(=O)NCc1ccc(B(O)O)cc1)c1nnc(C)n1-2. The Balaban J connectivity index is 1.49. The molecule has 1 unspecified atom stereocenters. The number of aliphatic imine (C=N–C) groups is 1. The summed E-state index contributed by atoms with van der Waals surface area (Å²) in [7, 11) is 0.0751. The van der Waals surface area contributed by atoms with Crippen LogP contribution in [-0.4, -0.2) is 50.7 Å². The molecule has 0 bridgehead atoms. The van der Waals surface area contributed by atoms with Gasteiger partial charge in [0.1, 0.15) is 17.6 Å². The van der Waals surface area contributed by atoms with Gasteiger partial charge >= 0.3 is 7.12 Å². The van der Waals surface area contributed by atoms with Crippen LogP contribution in [0, 0.1) is 6.92 Å². The van der Waals surface area contributed by atoms with Crippen LogP contribution >= 0.6 is 11.6 Å². The minimum Gasteiger partial charge on any atom is -0.497 e. The normalized spacial score (nSPS) is 14.1. The van der Waals surface area contributed by atoms with E-state index < -0.39 is 13.2 Å². The van der Waals surface area contributed by atoms with E-state index in [-0.39, 0.29) is 18.9 Å². The third-order valence-corrected chi connectivity index (χ3v) is 6.65. The highest BCUT2D eigenvalue weighted by molar-refractivity contribution is 6.58. The Morgan fingerprint density at radius 3 is 2.50 bits per heavy atom. The van der Waals surface area contributed by atoms with Gasteiger partial charge in [-0.05, 0) is 48.3 Å². The van der Waals surface area contributed by atoms with E-state index >= 15 is 0 Å². The van der Waals surface area contributed by atoms with Crippen LogP contribution in [0.2, 0.25) is 5.02 Å². The molecule has 0 spiro atoms. The van der Waals surface area contributed by atoms with Crippen LogP contribution in [0.4, 0.5) is 0 Å². The molecule has 2 heterocycles. The van der Waals surface area contributed by atoms with Gasteiger partial charge in [0.15, 0.2) is 5.82 Å². The van der Waals surface area contributed by atoms with E-state index in [2.05, 4.69) is 15.5 Å². The summed E-state index contributed by atoms with van der Waals surface area (Å²) in [5, 5.41) is 30.8. The largest absolute Gasteiger partial charge is 0.497 e. The van der Waals surface area contributed by atoms with Crippen LogP contribution in [0.15, 0.2) is 71.7 Å². The molecule has 3 aromatic carbocycles. The summed E-state index contributed by atoms with van der Waals surface area (Å²) >= 11 is 6.15. The van der Waals surface area contributed by atoms with Crippen LogP contribution in [-0.2, 0) is 11.3 Å². The summed E-state index contributed by atoms with van der Waals surface area (Å²) in [6.45, 7) is 2.15. The Hall–Kier alpha value is -3.99.